The Kier molecular flexibility index (Phi) is 6.02. The summed E-state index contributed by atoms with van der Waals surface area (Å²) in [7, 11) is 0. The normalized spacial score (nSPS) is 20.0. The second kappa shape index (κ2) is 8.66. The number of anilines is 1. The van der Waals surface area contributed by atoms with E-state index in [1.807, 2.05) is 30.0 Å². The molecule has 4 nitrogen and oxygen atoms in total. The van der Waals surface area contributed by atoms with Gasteiger partial charge in [-0.25, -0.2) is 4.39 Å². The van der Waals surface area contributed by atoms with Gasteiger partial charge in [0.1, 0.15) is 17.3 Å². The van der Waals surface area contributed by atoms with E-state index in [0.717, 1.165) is 17.1 Å². The summed E-state index contributed by atoms with van der Waals surface area (Å²) in [5, 5.41) is 13.3. The molecule has 2 heterocycles. The van der Waals surface area contributed by atoms with E-state index in [4.69, 9.17) is 4.42 Å². The molecule has 1 aliphatic carbocycles. The molecule has 1 atom stereocenters. The highest BCUT2D eigenvalue weighted by Gasteiger charge is 2.28. The van der Waals surface area contributed by atoms with Crippen molar-refractivity contribution in [1.29, 1.82) is 0 Å². The monoisotopic (exact) mass is 386 g/mol. The summed E-state index contributed by atoms with van der Waals surface area (Å²) in [6.07, 6.45) is 6.13. The van der Waals surface area contributed by atoms with Gasteiger partial charge in [0.15, 0.2) is 0 Å². The molecule has 2 N–H and O–H groups in total. The van der Waals surface area contributed by atoms with Gasteiger partial charge in [-0.2, -0.15) is 0 Å². The number of aliphatic hydroxyl groups excluding tert-OH is 1. The van der Waals surface area contributed by atoms with Crippen molar-refractivity contribution in [3.63, 3.8) is 0 Å². The first-order valence-corrected chi connectivity index (χ1v) is 10.6. The van der Waals surface area contributed by atoms with Crippen molar-refractivity contribution >= 4 is 5.69 Å². The Hall–Kier alpha value is -1.85. The zero-order valence-electron chi connectivity index (χ0n) is 16.7. The lowest BCUT2D eigenvalue weighted by atomic mass is 9.95. The van der Waals surface area contributed by atoms with E-state index in [0.29, 0.717) is 44.1 Å². The minimum atomic E-state index is -0.249. The second-order valence-corrected chi connectivity index (χ2v) is 8.36. The van der Waals surface area contributed by atoms with Crippen LogP contribution in [0.1, 0.15) is 61.7 Å². The summed E-state index contributed by atoms with van der Waals surface area (Å²) < 4.78 is 20.6. The Labute approximate surface area is 166 Å². The number of halogens is 1. The number of aliphatic hydroxyl groups is 1. The molecule has 0 spiro atoms. The first-order chi connectivity index (χ1) is 13.6. The standard InChI is InChI=1S/C23H31FN2O2/c1-16-6-9-22(28-16)23(18-4-2-3-5-18)25-15-17-7-8-21(20(24)14-17)26-12-10-19(27)11-13-26/h6-9,14,18-19,23,25,27H,2-5,10-13,15H2,1H3/t23-/m1/s1. The molecule has 2 fully saturated rings. The molecule has 4 rings (SSSR count). The van der Waals surface area contributed by atoms with Crippen LogP contribution in [-0.2, 0) is 6.54 Å². The Balaban J connectivity index is 1.43. The molecule has 0 amide bonds. The van der Waals surface area contributed by atoms with Crippen LogP contribution in [0, 0.1) is 18.7 Å². The van der Waals surface area contributed by atoms with E-state index in [-0.39, 0.29) is 18.0 Å². The average molecular weight is 387 g/mol. The number of rotatable bonds is 6. The molecule has 1 aromatic carbocycles. The summed E-state index contributed by atoms with van der Waals surface area (Å²) >= 11 is 0. The summed E-state index contributed by atoms with van der Waals surface area (Å²) in [6.45, 7) is 4.01. The van der Waals surface area contributed by atoms with Crippen LogP contribution < -0.4 is 10.2 Å². The van der Waals surface area contributed by atoms with Gasteiger partial charge in [-0.05, 0) is 68.4 Å². The molecule has 2 aromatic rings. The largest absolute Gasteiger partial charge is 0.465 e. The Bertz CT molecular complexity index is 777. The molecule has 5 heteroatoms. The van der Waals surface area contributed by atoms with E-state index >= 15 is 0 Å². The third-order valence-corrected chi connectivity index (χ3v) is 6.28. The molecule has 1 aromatic heterocycles. The van der Waals surface area contributed by atoms with Gasteiger partial charge in [0, 0.05) is 19.6 Å². The average Bonchev–Trinajstić information content (AvgIpc) is 3.36. The van der Waals surface area contributed by atoms with Gasteiger partial charge in [-0.15, -0.1) is 0 Å². The fourth-order valence-electron chi connectivity index (χ4n) is 4.66. The third-order valence-electron chi connectivity index (χ3n) is 6.28. The molecule has 1 saturated heterocycles. The molecule has 1 saturated carbocycles. The SMILES string of the molecule is Cc1ccc([C@H](NCc2ccc(N3CCC(O)CC3)c(F)c2)C2CCCC2)o1. The highest BCUT2D eigenvalue weighted by Crippen LogP contribution is 2.36. The quantitative estimate of drug-likeness (QED) is 0.755. The first kappa shape index (κ1) is 19.5. The highest BCUT2D eigenvalue weighted by molar-refractivity contribution is 5.49. The number of benzene rings is 1. The van der Waals surface area contributed by atoms with E-state index in [2.05, 4.69) is 11.4 Å². The van der Waals surface area contributed by atoms with Gasteiger partial charge in [0.2, 0.25) is 0 Å². The lowest BCUT2D eigenvalue weighted by Crippen LogP contribution is -2.36. The molecule has 2 aliphatic rings. The molecule has 0 bridgehead atoms. The summed E-state index contributed by atoms with van der Waals surface area (Å²) in [5.74, 6) is 2.33. The number of nitrogens with one attached hydrogen (secondary N) is 1. The third kappa shape index (κ3) is 4.41. The van der Waals surface area contributed by atoms with E-state index in [1.54, 1.807) is 6.07 Å². The summed E-state index contributed by atoms with van der Waals surface area (Å²) in [6, 6.07) is 9.80. The van der Waals surface area contributed by atoms with Crippen molar-refractivity contribution in [2.24, 2.45) is 5.92 Å². The molecule has 152 valence electrons. The van der Waals surface area contributed by atoms with Crippen molar-refractivity contribution in [3.8, 4) is 0 Å². The maximum absolute atomic E-state index is 14.7. The minimum Gasteiger partial charge on any atom is -0.465 e. The molecule has 0 radical (unpaired) electrons. The van der Waals surface area contributed by atoms with Crippen molar-refractivity contribution in [2.75, 3.05) is 18.0 Å². The predicted molar refractivity (Wildman–Crippen MR) is 109 cm³/mol. The number of hydrogen-bond acceptors (Lipinski definition) is 4. The number of nitrogens with zero attached hydrogens (tertiary/aromatic N) is 1. The summed E-state index contributed by atoms with van der Waals surface area (Å²) in [4.78, 5) is 2.03. The predicted octanol–water partition coefficient (Wildman–Crippen LogP) is 4.71. The number of piperidine rings is 1. The van der Waals surface area contributed by atoms with Gasteiger partial charge in [-0.1, -0.05) is 18.9 Å². The van der Waals surface area contributed by atoms with Crippen molar-refractivity contribution in [1.82, 2.24) is 5.32 Å². The number of hydrogen-bond donors (Lipinski definition) is 2. The lowest BCUT2D eigenvalue weighted by molar-refractivity contribution is 0.145. The van der Waals surface area contributed by atoms with Crippen LogP contribution in [0.4, 0.5) is 10.1 Å². The zero-order valence-corrected chi connectivity index (χ0v) is 16.7. The highest BCUT2D eigenvalue weighted by atomic mass is 19.1. The van der Waals surface area contributed by atoms with Crippen LogP contribution in [0.25, 0.3) is 0 Å². The van der Waals surface area contributed by atoms with Gasteiger partial charge in [0.25, 0.3) is 0 Å². The van der Waals surface area contributed by atoms with Gasteiger partial charge >= 0.3 is 0 Å². The van der Waals surface area contributed by atoms with E-state index in [9.17, 15) is 9.50 Å². The van der Waals surface area contributed by atoms with Crippen molar-refractivity contribution in [3.05, 3.63) is 53.2 Å². The van der Waals surface area contributed by atoms with Gasteiger partial charge < -0.3 is 19.7 Å². The molecular formula is C23H31FN2O2. The topological polar surface area (TPSA) is 48.6 Å². The van der Waals surface area contributed by atoms with Crippen LogP contribution in [0.3, 0.4) is 0 Å². The molecule has 0 unspecified atom stereocenters. The van der Waals surface area contributed by atoms with Crippen LogP contribution in [0.2, 0.25) is 0 Å². The van der Waals surface area contributed by atoms with Crippen LogP contribution >= 0.6 is 0 Å². The van der Waals surface area contributed by atoms with Crippen molar-refractivity contribution in [2.45, 2.75) is 64.1 Å². The smallest absolute Gasteiger partial charge is 0.146 e. The number of aryl methyl sites for hydroxylation is 1. The fraction of sp³-hybridized carbons (Fsp3) is 0.565. The summed E-state index contributed by atoms with van der Waals surface area (Å²) in [5.41, 5.74) is 1.59. The van der Waals surface area contributed by atoms with Gasteiger partial charge in [-0.3, -0.25) is 0 Å². The van der Waals surface area contributed by atoms with Crippen molar-refractivity contribution < 1.29 is 13.9 Å². The van der Waals surface area contributed by atoms with Crippen LogP contribution in [0.15, 0.2) is 34.7 Å². The van der Waals surface area contributed by atoms with E-state index < -0.39 is 0 Å². The lowest BCUT2D eigenvalue weighted by Gasteiger charge is -2.31. The van der Waals surface area contributed by atoms with Gasteiger partial charge in [0.05, 0.1) is 17.8 Å². The van der Waals surface area contributed by atoms with E-state index in [1.165, 1.54) is 25.7 Å². The molecule has 28 heavy (non-hydrogen) atoms. The molecule has 1 aliphatic heterocycles. The maximum atomic E-state index is 14.7. The second-order valence-electron chi connectivity index (χ2n) is 8.36. The Morgan fingerprint density at radius 1 is 1.14 bits per heavy atom. The minimum absolute atomic E-state index is 0.179. The Morgan fingerprint density at radius 3 is 2.54 bits per heavy atom. The van der Waals surface area contributed by atoms with Crippen LogP contribution in [0.5, 0.6) is 0 Å². The van der Waals surface area contributed by atoms with Crippen LogP contribution in [-0.4, -0.2) is 24.3 Å². The first-order valence-electron chi connectivity index (χ1n) is 10.6. The molecular weight excluding hydrogens is 355 g/mol. The number of furan rings is 1. The fourth-order valence-corrected chi connectivity index (χ4v) is 4.66. The maximum Gasteiger partial charge on any atom is 0.146 e. The Morgan fingerprint density at radius 2 is 1.89 bits per heavy atom. The zero-order chi connectivity index (χ0) is 19.5.